The summed E-state index contributed by atoms with van der Waals surface area (Å²) in [5.41, 5.74) is 9.41. The first kappa shape index (κ1) is 26.1. The van der Waals surface area contributed by atoms with E-state index in [4.69, 9.17) is 11.6 Å². The van der Waals surface area contributed by atoms with Gasteiger partial charge in [0.05, 0.1) is 39.2 Å². The molecule has 5 rings (SSSR count). The van der Waals surface area contributed by atoms with Crippen molar-refractivity contribution in [3.05, 3.63) is 134 Å². The van der Waals surface area contributed by atoms with E-state index in [1.807, 2.05) is 53.1 Å². The Balaban J connectivity index is 1.53. The van der Waals surface area contributed by atoms with Crippen LogP contribution in [0.1, 0.15) is 11.1 Å². The van der Waals surface area contributed by atoms with Gasteiger partial charge < -0.3 is 0 Å². The van der Waals surface area contributed by atoms with Gasteiger partial charge in [-0.3, -0.25) is 35.6 Å². The zero-order valence-electron chi connectivity index (χ0n) is 20.6. The van der Waals surface area contributed by atoms with Crippen molar-refractivity contribution >= 4 is 57.7 Å². The summed E-state index contributed by atoms with van der Waals surface area (Å²) >= 11 is 6.91. The van der Waals surface area contributed by atoms with E-state index in [1.165, 1.54) is 24.3 Å². The summed E-state index contributed by atoms with van der Waals surface area (Å²) in [5, 5.41) is 31.9. The standard InChI is InChI=1S/C28H20ClN7O4/c29-28-26(18-31-33-21-9-6-13-24(16-21)36(39)40)25-14-4-7-19(27(25)34(28)22-10-2-1-3-11-22)17-30-32-20-8-5-12-23(15-20)35(37)38/h1-18,32-33H/b30-17-,31-18+. The molecule has 1 heterocycles. The number of nitrogens with one attached hydrogen (secondary N) is 2. The van der Waals surface area contributed by atoms with Crippen LogP contribution in [-0.4, -0.2) is 26.8 Å². The van der Waals surface area contributed by atoms with E-state index in [2.05, 4.69) is 21.1 Å². The van der Waals surface area contributed by atoms with Crippen LogP contribution < -0.4 is 10.9 Å². The van der Waals surface area contributed by atoms with Crippen LogP contribution in [0.3, 0.4) is 0 Å². The molecule has 0 fully saturated rings. The highest BCUT2D eigenvalue weighted by molar-refractivity contribution is 6.35. The summed E-state index contributed by atoms with van der Waals surface area (Å²) in [6.07, 6.45) is 3.17. The fourth-order valence-electron chi connectivity index (χ4n) is 4.13. The Morgan fingerprint density at radius 3 is 1.90 bits per heavy atom. The first-order valence-electron chi connectivity index (χ1n) is 11.9. The van der Waals surface area contributed by atoms with Crippen molar-refractivity contribution in [2.24, 2.45) is 10.2 Å². The van der Waals surface area contributed by atoms with E-state index < -0.39 is 9.85 Å². The molecule has 0 unspecified atom stereocenters. The second-order valence-electron chi connectivity index (χ2n) is 8.47. The first-order chi connectivity index (χ1) is 19.4. The highest BCUT2D eigenvalue weighted by atomic mass is 35.5. The smallest absolute Gasteiger partial charge is 0.271 e. The fourth-order valence-corrected chi connectivity index (χ4v) is 4.46. The van der Waals surface area contributed by atoms with Crippen LogP contribution in [0.15, 0.2) is 107 Å². The van der Waals surface area contributed by atoms with E-state index in [1.54, 1.807) is 36.7 Å². The van der Waals surface area contributed by atoms with Crippen LogP contribution in [0, 0.1) is 20.2 Å². The molecule has 1 aromatic heterocycles. The number of nitro groups is 2. The van der Waals surface area contributed by atoms with Gasteiger partial charge in [-0.05, 0) is 24.3 Å². The summed E-state index contributed by atoms with van der Waals surface area (Å²) < 4.78 is 1.88. The molecule has 0 saturated carbocycles. The molecule has 0 amide bonds. The summed E-state index contributed by atoms with van der Waals surface area (Å²) in [5.74, 6) is 0. The Kier molecular flexibility index (Phi) is 7.47. The normalized spacial score (nSPS) is 11.3. The number of hydrogen-bond donors (Lipinski definition) is 2. The van der Waals surface area contributed by atoms with Gasteiger partial charge in [-0.15, -0.1) is 0 Å². The van der Waals surface area contributed by atoms with E-state index >= 15 is 0 Å². The summed E-state index contributed by atoms with van der Waals surface area (Å²) in [6, 6.07) is 27.2. The first-order valence-corrected chi connectivity index (χ1v) is 12.3. The Labute approximate surface area is 232 Å². The maximum atomic E-state index is 11.1. The van der Waals surface area contributed by atoms with Gasteiger partial charge in [0.2, 0.25) is 0 Å². The molecule has 11 nitrogen and oxygen atoms in total. The second-order valence-corrected chi connectivity index (χ2v) is 8.83. The maximum absolute atomic E-state index is 11.1. The minimum Gasteiger partial charge on any atom is -0.299 e. The lowest BCUT2D eigenvalue weighted by atomic mass is 10.1. The molecule has 4 aromatic carbocycles. The van der Waals surface area contributed by atoms with Crippen LogP contribution in [-0.2, 0) is 0 Å². The van der Waals surface area contributed by atoms with Gasteiger partial charge in [-0.25, -0.2) is 0 Å². The van der Waals surface area contributed by atoms with Crippen LogP contribution in [0.25, 0.3) is 16.6 Å². The number of nitrogens with zero attached hydrogens (tertiary/aromatic N) is 5. The minimum absolute atomic E-state index is 0.0466. The average molecular weight is 554 g/mol. The predicted octanol–water partition coefficient (Wildman–Crippen LogP) is 6.99. The summed E-state index contributed by atoms with van der Waals surface area (Å²) in [7, 11) is 0. The molecular weight excluding hydrogens is 534 g/mol. The molecule has 12 heteroatoms. The molecule has 0 radical (unpaired) electrons. The van der Waals surface area contributed by atoms with Crippen molar-refractivity contribution in [2.45, 2.75) is 0 Å². The number of nitro benzene ring substituents is 2. The number of rotatable bonds is 9. The van der Waals surface area contributed by atoms with E-state index in [9.17, 15) is 20.2 Å². The summed E-state index contributed by atoms with van der Waals surface area (Å²) in [6.45, 7) is 0. The number of aromatic nitrogens is 1. The van der Waals surface area contributed by atoms with Crippen LogP contribution in [0.4, 0.5) is 22.7 Å². The molecule has 0 bridgehead atoms. The molecule has 0 spiro atoms. The molecular formula is C28H20ClN7O4. The Morgan fingerprint density at radius 2 is 1.30 bits per heavy atom. The highest BCUT2D eigenvalue weighted by Gasteiger charge is 2.18. The molecule has 0 aliphatic rings. The number of benzene rings is 4. The van der Waals surface area contributed by atoms with E-state index in [0.717, 1.165) is 22.2 Å². The average Bonchev–Trinajstić information content (AvgIpc) is 3.25. The van der Waals surface area contributed by atoms with Crippen molar-refractivity contribution in [1.29, 1.82) is 0 Å². The van der Waals surface area contributed by atoms with Crippen LogP contribution in [0.2, 0.25) is 5.15 Å². The molecule has 0 saturated heterocycles. The quantitative estimate of drug-likeness (QED) is 0.114. The van der Waals surface area contributed by atoms with Crippen molar-refractivity contribution in [2.75, 3.05) is 10.9 Å². The highest BCUT2D eigenvalue weighted by Crippen LogP contribution is 2.34. The predicted molar refractivity (Wildman–Crippen MR) is 157 cm³/mol. The third-order valence-electron chi connectivity index (χ3n) is 5.91. The number of halogens is 1. The SMILES string of the molecule is O=[N+]([O-])c1cccc(N/N=C\c2cccc3c(/C=N/Nc4cccc([N+](=O)[O-])c4)c(Cl)n(-c4ccccc4)c23)c1. The lowest BCUT2D eigenvalue weighted by Gasteiger charge is -2.09. The van der Waals surface area contributed by atoms with E-state index in [0.29, 0.717) is 22.1 Å². The Morgan fingerprint density at radius 1 is 0.725 bits per heavy atom. The number of para-hydroxylation sites is 2. The largest absolute Gasteiger partial charge is 0.299 e. The van der Waals surface area contributed by atoms with Gasteiger partial charge >= 0.3 is 0 Å². The third-order valence-corrected chi connectivity index (χ3v) is 6.29. The second kappa shape index (κ2) is 11.5. The van der Waals surface area contributed by atoms with Gasteiger partial charge in [0.15, 0.2) is 0 Å². The third kappa shape index (κ3) is 5.49. The Bertz CT molecular complexity index is 1780. The number of non-ortho nitro benzene ring substituents is 2. The minimum atomic E-state index is -0.476. The van der Waals surface area contributed by atoms with Gasteiger partial charge in [-0.2, -0.15) is 10.2 Å². The fraction of sp³-hybridized carbons (Fsp3) is 0. The molecule has 0 atom stereocenters. The van der Waals surface area contributed by atoms with Gasteiger partial charge in [-0.1, -0.05) is 60.1 Å². The van der Waals surface area contributed by atoms with Crippen LogP contribution >= 0.6 is 11.6 Å². The zero-order chi connectivity index (χ0) is 28.1. The molecule has 40 heavy (non-hydrogen) atoms. The molecule has 5 aromatic rings. The Hall–Kier alpha value is -5.55. The van der Waals surface area contributed by atoms with Crippen molar-refractivity contribution in [3.63, 3.8) is 0 Å². The van der Waals surface area contributed by atoms with Crippen molar-refractivity contribution in [3.8, 4) is 5.69 Å². The number of fused-ring (bicyclic) bond motifs is 1. The maximum Gasteiger partial charge on any atom is 0.271 e. The number of anilines is 2. The molecule has 0 aliphatic heterocycles. The van der Waals surface area contributed by atoms with Crippen LogP contribution in [0.5, 0.6) is 0 Å². The number of hydrogen-bond acceptors (Lipinski definition) is 8. The number of hydrazone groups is 2. The lowest BCUT2D eigenvalue weighted by Crippen LogP contribution is -1.98. The topological polar surface area (TPSA) is 140 Å². The van der Waals surface area contributed by atoms with E-state index in [-0.39, 0.29) is 11.4 Å². The molecule has 198 valence electrons. The zero-order valence-corrected chi connectivity index (χ0v) is 21.4. The lowest BCUT2D eigenvalue weighted by molar-refractivity contribution is -0.385. The van der Waals surface area contributed by atoms with Crippen molar-refractivity contribution < 1.29 is 9.85 Å². The molecule has 2 N–H and O–H groups in total. The van der Waals surface area contributed by atoms with Gasteiger partial charge in [0.25, 0.3) is 11.4 Å². The molecule has 0 aliphatic carbocycles. The van der Waals surface area contributed by atoms with Crippen molar-refractivity contribution in [1.82, 2.24) is 4.57 Å². The monoisotopic (exact) mass is 553 g/mol. The van der Waals surface area contributed by atoms with Gasteiger partial charge in [0.1, 0.15) is 5.15 Å². The van der Waals surface area contributed by atoms with Gasteiger partial charge in [0, 0.05) is 46.5 Å². The summed E-state index contributed by atoms with van der Waals surface area (Å²) in [4.78, 5) is 21.2.